The summed E-state index contributed by atoms with van der Waals surface area (Å²) in [6, 6.07) is 14.5. The maximum Gasteiger partial charge on any atom is 0.251 e. The molecule has 0 spiro atoms. The number of carbonyl (C=O) groups is 1. The van der Waals surface area contributed by atoms with Gasteiger partial charge in [0.1, 0.15) is 5.75 Å². The summed E-state index contributed by atoms with van der Waals surface area (Å²) in [7, 11) is 1.55. The van der Waals surface area contributed by atoms with Crippen LogP contribution >= 0.6 is 0 Å². The van der Waals surface area contributed by atoms with Crippen molar-refractivity contribution in [3.05, 3.63) is 65.2 Å². The number of aliphatic hydroxyl groups is 1. The Morgan fingerprint density at radius 3 is 2.62 bits per heavy atom. The predicted octanol–water partition coefficient (Wildman–Crippen LogP) is 2.47. The van der Waals surface area contributed by atoms with Crippen LogP contribution in [0.4, 0.5) is 0 Å². The average Bonchev–Trinajstić information content (AvgIpc) is 2.53. The lowest BCUT2D eigenvalue weighted by molar-refractivity contribution is 0.0916. The molecule has 0 aliphatic carbocycles. The summed E-state index contributed by atoms with van der Waals surface area (Å²) in [5.41, 5.74) is 2.42. The van der Waals surface area contributed by atoms with Gasteiger partial charge in [-0.15, -0.1) is 0 Å². The molecule has 2 aromatic rings. The highest BCUT2D eigenvalue weighted by Gasteiger charge is 2.11. The van der Waals surface area contributed by atoms with Gasteiger partial charge in [-0.1, -0.05) is 35.9 Å². The first kappa shape index (κ1) is 15.1. The van der Waals surface area contributed by atoms with E-state index in [1.165, 1.54) is 0 Å². The molecule has 0 aromatic heterocycles. The number of amides is 1. The minimum Gasteiger partial charge on any atom is -0.497 e. The number of carbonyl (C=O) groups excluding carboxylic acids is 1. The smallest absolute Gasteiger partial charge is 0.251 e. The Kier molecular flexibility index (Phi) is 4.95. The van der Waals surface area contributed by atoms with Crippen LogP contribution in [0.3, 0.4) is 0 Å². The van der Waals surface area contributed by atoms with Gasteiger partial charge in [0.15, 0.2) is 0 Å². The van der Waals surface area contributed by atoms with E-state index in [2.05, 4.69) is 5.32 Å². The standard InChI is InChI=1S/C17H19NO3/c1-12-6-8-13(9-7-12)16(19)11-18-17(20)14-4-3-5-15(10-14)21-2/h3-10,16,19H,11H2,1-2H3,(H,18,20)/t16-/m1/s1. The van der Waals surface area contributed by atoms with E-state index in [9.17, 15) is 9.90 Å². The summed E-state index contributed by atoms with van der Waals surface area (Å²) in [5, 5.41) is 12.8. The van der Waals surface area contributed by atoms with Crippen LogP contribution < -0.4 is 10.1 Å². The molecule has 2 aromatic carbocycles. The van der Waals surface area contributed by atoms with Gasteiger partial charge in [0.2, 0.25) is 0 Å². The molecule has 0 saturated heterocycles. The van der Waals surface area contributed by atoms with E-state index >= 15 is 0 Å². The van der Waals surface area contributed by atoms with Crippen molar-refractivity contribution in [1.29, 1.82) is 0 Å². The van der Waals surface area contributed by atoms with Crippen molar-refractivity contribution >= 4 is 5.91 Å². The van der Waals surface area contributed by atoms with Crippen LogP contribution in [0.25, 0.3) is 0 Å². The van der Waals surface area contributed by atoms with Crippen molar-refractivity contribution in [2.75, 3.05) is 13.7 Å². The van der Waals surface area contributed by atoms with E-state index in [0.717, 1.165) is 11.1 Å². The van der Waals surface area contributed by atoms with Crippen LogP contribution in [0.2, 0.25) is 0 Å². The quantitative estimate of drug-likeness (QED) is 0.887. The Bertz CT molecular complexity index is 608. The molecule has 0 aliphatic rings. The Balaban J connectivity index is 1.95. The zero-order valence-electron chi connectivity index (χ0n) is 12.2. The number of hydrogen-bond donors (Lipinski definition) is 2. The molecule has 0 radical (unpaired) electrons. The second-order valence-corrected chi connectivity index (χ2v) is 4.87. The van der Waals surface area contributed by atoms with E-state index in [4.69, 9.17) is 4.74 Å². The summed E-state index contributed by atoms with van der Waals surface area (Å²) in [6.45, 7) is 2.15. The van der Waals surface area contributed by atoms with Crippen LogP contribution in [0, 0.1) is 6.92 Å². The maximum absolute atomic E-state index is 12.0. The van der Waals surface area contributed by atoms with Gasteiger partial charge in [0, 0.05) is 12.1 Å². The lowest BCUT2D eigenvalue weighted by Gasteiger charge is -2.13. The number of aliphatic hydroxyl groups excluding tert-OH is 1. The van der Waals surface area contributed by atoms with E-state index in [-0.39, 0.29) is 12.5 Å². The molecule has 0 aliphatic heterocycles. The third-order valence-corrected chi connectivity index (χ3v) is 3.25. The molecule has 0 unspecified atom stereocenters. The molecular weight excluding hydrogens is 266 g/mol. The number of nitrogens with one attached hydrogen (secondary N) is 1. The van der Waals surface area contributed by atoms with E-state index in [0.29, 0.717) is 11.3 Å². The summed E-state index contributed by atoms with van der Waals surface area (Å²) in [4.78, 5) is 12.0. The van der Waals surface area contributed by atoms with Crippen LogP contribution in [0.15, 0.2) is 48.5 Å². The van der Waals surface area contributed by atoms with Crippen molar-refractivity contribution in [2.24, 2.45) is 0 Å². The Hall–Kier alpha value is -2.33. The lowest BCUT2D eigenvalue weighted by atomic mass is 10.1. The summed E-state index contributed by atoms with van der Waals surface area (Å²) < 4.78 is 5.08. The molecule has 0 bridgehead atoms. The average molecular weight is 285 g/mol. The molecule has 4 nitrogen and oxygen atoms in total. The van der Waals surface area contributed by atoms with Gasteiger partial charge >= 0.3 is 0 Å². The zero-order valence-corrected chi connectivity index (χ0v) is 12.2. The van der Waals surface area contributed by atoms with Crippen molar-refractivity contribution < 1.29 is 14.6 Å². The van der Waals surface area contributed by atoms with Crippen molar-refractivity contribution in [3.63, 3.8) is 0 Å². The maximum atomic E-state index is 12.0. The Morgan fingerprint density at radius 2 is 1.95 bits per heavy atom. The van der Waals surface area contributed by atoms with Crippen molar-refractivity contribution in [1.82, 2.24) is 5.32 Å². The first-order chi connectivity index (χ1) is 10.1. The second kappa shape index (κ2) is 6.90. The van der Waals surface area contributed by atoms with E-state index < -0.39 is 6.10 Å². The van der Waals surface area contributed by atoms with Crippen LogP contribution in [0.1, 0.15) is 27.6 Å². The largest absolute Gasteiger partial charge is 0.497 e. The minimum atomic E-state index is -0.722. The first-order valence-corrected chi connectivity index (χ1v) is 6.77. The highest BCUT2D eigenvalue weighted by molar-refractivity contribution is 5.94. The molecule has 4 heteroatoms. The molecule has 0 saturated carbocycles. The van der Waals surface area contributed by atoms with Crippen molar-refractivity contribution in [3.8, 4) is 5.75 Å². The lowest BCUT2D eigenvalue weighted by Crippen LogP contribution is -2.28. The highest BCUT2D eigenvalue weighted by atomic mass is 16.5. The SMILES string of the molecule is COc1cccc(C(=O)NC[C@@H](O)c2ccc(C)cc2)c1. The predicted molar refractivity (Wildman–Crippen MR) is 81.5 cm³/mol. The van der Waals surface area contributed by atoms with Crippen LogP contribution in [-0.2, 0) is 0 Å². The Labute approximate surface area is 124 Å². The molecule has 21 heavy (non-hydrogen) atoms. The molecule has 0 fully saturated rings. The third kappa shape index (κ3) is 4.07. The molecule has 110 valence electrons. The van der Waals surface area contributed by atoms with Gasteiger partial charge < -0.3 is 15.2 Å². The van der Waals surface area contributed by atoms with Gasteiger partial charge in [-0.2, -0.15) is 0 Å². The summed E-state index contributed by atoms with van der Waals surface area (Å²) >= 11 is 0. The van der Waals surface area contributed by atoms with E-state index in [1.54, 1.807) is 31.4 Å². The van der Waals surface area contributed by atoms with Gasteiger partial charge in [0.25, 0.3) is 5.91 Å². The number of rotatable bonds is 5. The second-order valence-electron chi connectivity index (χ2n) is 4.87. The fourth-order valence-electron chi connectivity index (χ4n) is 1.96. The fourth-order valence-corrected chi connectivity index (χ4v) is 1.96. The van der Waals surface area contributed by atoms with Crippen LogP contribution in [0.5, 0.6) is 5.75 Å². The first-order valence-electron chi connectivity index (χ1n) is 6.77. The normalized spacial score (nSPS) is 11.8. The molecular formula is C17H19NO3. The number of aryl methyl sites for hydroxylation is 1. The van der Waals surface area contributed by atoms with Gasteiger partial charge in [-0.05, 0) is 30.7 Å². The number of methoxy groups -OCH3 is 1. The molecule has 2 N–H and O–H groups in total. The summed E-state index contributed by atoms with van der Waals surface area (Å²) in [6.07, 6.45) is -0.722. The topological polar surface area (TPSA) is 58.6 Å². The number of benzene rings is 2. The van der Waals surface area contributed by atoms with Gasteiger partial charge in [0.05, 0.1) is 13.2 Å². The highest BCUT2D eigenvalue weighted by Crippen LogP contribution is 2.14. The third-order valence-electron chi connectivity index (χ3n) is 3.25. The van der Waals surface area contributed by atoms with Crippen molar-refractivity contribution in [2.45, 2.75) is 13.0 Å². The fraction of sp³-hybridized carbons (Fsp3) is 0.235. The zero-order chi connectivity index (χ0) is 15.2. The number of hydrogen-bond acceptors (Lipinski definition) is 3. The molecule has 1 amide bonds. The molecule has 1 atom stereocenters. The van der Waals surface area contributed by atoms with Gasteiger partial charge in [-0.3, -0.25) is 4.79 Å². The van der Waals surface area contributed by atoms with E-state index in [1.807, 2.05) is 31.2 Å². The minimum absolute atomic E-state index is 0.166. The monoisotopic (exact) mass is 285 g/mol. The summed E-state index contributed by atoms with van der Waals surface area (Å²) in [5.74, 6) is 0.391. The molecule has 0 heterocycles. The molecule has 2 rings (SSSR count). The van der Waals surface area contributed by atoms with Gasteiger partial charge in [-0.25, -0.2) is 0 Å². The van der Waals surface area contributed by atoms with Crippen LogP contribution in [-0.4, -0.2) is 24.7 Å². The number of ether oxygens (including phenoxy) is 1. The Morgan fingerprint density at radius 1 is 1.24 bits per heavy atom.